The van der Waals surface area contributed by atoms with Crippen molar-refractivity contribution in [1.29, 1.82) is 0 Å². The Hall–Kier alpha value is -2.86. The van der Waals surface area contributed by atoms with Gasteiger partial charge >= 0.3 is 0 Å². The number of nitrogens with zero attached hydrogens (tertiary/aromatic N) is 2. The maximum Gasteiger partial charge on any atom is 0.250 e. The number of carbonyl (C=O) groups is 2. The maximum absolute atomic E-state index is 13.8. The molecule has 0 aromatic heterocycles. The Morgan fingerprint density at radius 1 is 0.941 bits per heavy atom. The number of benzene rings is 2. The minimum Gasteiger partial charge on any atom is -0.378 e. The number of fused-ring (bicyclic) bond motifs is 2. The van der Waals surface area contributed by atoms with Crippen LogP contribution in [0.5, 0.6) is 0 Å². The summed E-state index contributed by atoms with van der Waals surface area (Å²) in [4.78, 5) is 30.6. The summed E-state index contributed by atoms with van der Waals surface area (Å²) in [6.07, 6.45) is 5.16. The Morgan fingerprint density at radius 2 is 1.65 bits per heavy atom. The van der Waals surface area contributed by atoms with Crippen LogP contribution in [0.15, 0.2) is 48.5 Å². The molecule has 6 rings (SSSR count). The molecule has 2 aromatic rings. The van der Waals surface area contributed by atoms with Crippen LogP contribution in [-0.4, -0.2) is 55.1 Å². The molecule has 3 atom stereocenters. The van der Waals surface area contributed by atoms with Crippen LogP contribution in [0.3, 0.4) is 0 Å². The second kappa shape index (κ2) is 8.73. The minimum absolute atomic E-state index is 0.0167. The van der Waals surface area contributed by atoms with Gasteiger partial charge in [0.1, 0.15) is 5.54 Å². The van der Waals surface area contributed by atoms with Crippen LogP contribution in [0.25, 0.3) is 0 Å². The van der Waals surface area contributed by atoms with Gasteiger partial charge in [0.2, 0.25) is 11.8 Å². The van der Waals surface area contributed by atoms with E-state index in [1.54, 1.807) is 0 Å². The summed E-state index contributed by atoms with van der Waals surface area (Å²) < 4.78 is 5.45. The average molecular weight is 460 g/mol. The van der Waals surface area contributed by atoms with Crippen LogP contribution in [0, 0.1) is 11.8 Å². The van der Waals surface area contributed by atoms with E-state index in [2.05, 4.69) is 46.6 Å². The quantitative estimate of drug-likeness (QED) is 0.709. The number of morpholine rings is 1. The Morgan fingerprint density at radius 3 is 2.29 bits per heavy atom. The van der Waals surface area contributed by atoms with Crippen molar-refractivity contribution in [2.45, 2.75) is 44.1 Å². The number of β-lactam (4-membered cyclic amide) rings is 1. The molecule has 6 heteroatoms. The molecule has 1 N–H and O–H groups in total. The lowest BCUT2D eigenvalue weighted by atomic mass is 9.62. The third-order valence-electron chi connectivity index (χ3n) is 8.57. The van der Waals surface area contributed by atoms with E-state index in [4.69, 9.17) is 4.74 Å². The van der Waals surface area contributed by atoms with Gasteiger partial charge in [-0.15, -0.1) is 0 Å². The molecule has 2 aliphatic carbocycles. The minimum atomic E-state index is -0.730. The van der Waals surface area contributed by atoms with E-state index in [1.165, 1.54) is 11.1 Å². The molecule has 178 valence electrons. The lowest BCUT2D eigenvalue weighted by Gasteiger charge is -2.53. The number of amides is 2. The number of rotatable bonds is 4. The van der Waals surface area contributed by atoms with Crippen LogP contribution in [0.4, 0.5) is 11.4 Å². The summed E-state index contributed by atoms with van der Waals surface area (Å²) in [6.45, 7) is 3.96. The second-order valence-corrected chi connectivity index (χ2v) is 10.4. The molecule has 2 aromatic carbocycles. The Balaban J connectivity index is 1.21. The fourth-order valence-electron chi connectivity index (χ4n) is 6.56. The molecule has 1 saturated carbocycles. The van der Waals surface area contributed by atoms with Crippen LogP contribution in [0.2, 0.25) is 0 Å². The fourth-order valence-corrected chi connectivity index (χ4v) is 6.56. The molecule has 0 radical (unpaired) electrons. The third-order valence-corrected chi connectivity index (χ3v) is 8.57. The van der Waals surface area contributed by atoms with Crippen molar-refractivity contribution in [1.82, 2.24) is 4.90 Å². The van der Waals surface area contributed by atoms with Gasteiger partial charge in [0.05, 0.1) is 13.2 Å². The number of likely N-dealkylation sites (tertiary alicyclic amines) is 1. The predicted octanol–water partition coefficient (Wildman–Crippen LogP) is 3.65. The molecule has 2 aliphatic heterocycles. The van der Waals surface area contributed by atoms with Gasteiger partial charge in [-0.2, -0.15) is 0 Å². The number of nitrogens with one attached hydrogen (secondary N) is 1. The molecule has 2 heterocycles. The van der Waals surface area contributed by atoms with Gasteiger partial charge < -0.3 is 19.9 Å². The highest BCUT2D eigenvalue weighted by atomic mass is 16.5. The van der Waals surface area contributed by atoms with Crippen LogP contribution >= 0.6 is 0 Å². The largest absolute Gasteiger partial charge is 0.378 e. The lowest BCUT2D eigenvalue weighted by Crippen LogP contribution is -2.66. The summed E-state index contributed by atoms with van der Waals surface area (Å²) in [6, 6.07) is 16.8. The van der Waals surface area contributed by atoms with Crippen LogP contribution in [-0.2, 0) is 27.2 Å². The summed E-state index contributed by atoms with van der Waals surface area (Å²) in [7, 11) is 0. The van der Waals surface area contributed by atoms with Gasteiger partial charge in [0.15, 0.2) is 0 Å². The van der Waals surface area contributed by atoms with Crippen LogP contribution in [0.1, 0.15) is 36.8 Å². The summed E-state index contributed by atoms with van der Waals surface area (Å²) in [5, 5.41) is 3.19. The monoisotopic (exact) mass is 459 g/mol. The summed E-state index contributed by atoms with van der Waals surface area (Å²) in [5.41, 5.74) is 4.08. The first kappa shape index (κ1) is 21.7. The molecule has 34 heavy (non-hydrogen) atoms. The average Bonchev–Trinajstić information content (AvgIpc) is 2.87. The van der Waals surface area contributed by atoms with E-state index >= 15 is 0 Å². The molecule has 2 saturated heterocycles. The van der Waals surface area contributed by atoms with E-state index in [-0.39, 0.29) is 11.8 Å². The van der Waals surface area contributed by atoms with Gasteiger partial charge in [0.25, 0.3) is 0 Å². The molecule has 2 amide bonds. The number of anilines is 2. The molecule has 3 fully saturated rings. The first-order valence-corrected chi connectivity index (χ1v) is 12.7. The highest BCUT2D eigenvalue weighted by molar-refractivity contribution is 6.01. The predicted molar refractivity (Wildman–Crippen MR) is 132 cm³/mol. The van der Waals surface area contributed by atoms with Crippen molar-refractivity contribution >= 4 is 23.2 Å². The SMILES string of the molecule is O=C1CCN1[C@]1(C(=O)Nc2ccc(N3CCOCC3)cc2)CC[C@H]2Cc3ccccc3C[C@H]2C1. The van der Waals surface area contributed by atoms with E-state index in [0.717, 1.165) is 69.8 Å². The van der Waals surface area contributed by atoms with Gasteiger partial charge in [-0.1, -0.05) is 24.3 Å². The Labute approximate surface area is 201 Å². The molecular weight excluding hydrogens is 426 g/mol. The van der Waals surface area contributed by atoms with Gasteiger partial charge in [-0.05, 0) is 79.3 Å². The Kier molecular flexibility index (Phi) is 5.56. The summed E-state index contributed by atoms with van der Waals surface area (Å²) >= 11 is 0. The second-order valence-electron chi connectivity index (χ2n) is 10.4. The van der Waals surface area contributed by atoms with Gasteiger partial charge in [-0.3, -0.25) is 9.59 Å². The number of carbonyl (C=O) groups excluding carboxylic acids is 2. The maximum atomic E-state index is 13.8. The zero-order valence-electron chi connectivity index (χ0n) is 19.7. The van der Waals surface area contributed by atoms with E-state index < -0.39 is 5.54 Å². The highest BCUT2D eigenvalue weighted by Gasteiger charge is 2.54. The smallest absolute Gasteiger partial charge is 0.250 e. The first-order valence-electron chi connectivity index (χ1n) is 12.7. The number of hydrogen-bond acceptors (Lipinski definition) is 4. The molecule has 0 unspecified atom stereocenters. The summed E-state index contributed by atoms with van der Waals surface area (Å²) in [5.74, 6) is 1.14. The van der Waals surface area contributed by atoms with E-state index in [0.29, 0.717) is 24.8 Å². The molecule has 0 spiro atoms. The van der Waals surface area contributed by atoms with Crippen molar-refractivity contribution in [3.05, 3.63) is 59.7 Å². The third kappa shape index (κ3) is 3.78. The van der Waals surface area contributed by atoms with Crippen molar-refractivity contribution in [3.63, 3.8) is 0 Å². The van der Waals surface area contributed by atoms with E-state index in [1.807, 2.05) is 17.0 Å². The lowest BCUT2D eigenvalue weighted by molar-refractivity contribution is -0.159. The topological polar surface area (TPSA) is 61.9 Å². The zero-order valence-corrected chi connectivity index (χ0v) is 19.7. The van der Waals surface area contributed by atoms with Gasteiger partial charge in [0, 0.05) is 37.4 Å². The Bertz CT molecular complexity index is 1080. The van der Waals surface area contributed by atoms with E-state index in [9.17, 15) is 9.59 Å². The van der Waals surface area contributed by atoms with Crippen molar-refractivity contribution in [2.75, 3.05) is 43.1 Å². The van der Waals surface area contributed by atoms with Crippen molar-refractivity contribution < 1.29 is 14.3 Å². The van der Waals surface area contributed by atoms with Gasteiger partial charge in [-0.25, -0.2) is 0 Å². The van der Waals surface area contributed by atoms with Crippen molar-refractivity contribution in [3.8, 4) is 0 Å². The van der Waals surface area contributed by atoms with Crippen molar-refractivity contribution in [2.24, 2.45) is 11.8 Å². The standard InChI is InChI=1S/C28H33N3O3/c32-26-10-12-31(26)28(11-9-22-17-20-3-1-2-4-21(20)18-23(22)19-28)27(33)29-24-5-7-25(8-6-24)30-13-15-34-16-14-30/h1-8,22-23H,9-19H2,(H,29,33)/t22-,23-,28+/m0/s1. The molecule has 6 nitrogen and oxygen atoms in total. The molecule has 4 aliphatic rings. The fraction of sp³-hybridized carbons (Fsp3) is 0.500. The number of hydrogen-bond donors (Lipinski definition) is 1. The number of ether oxygens (including phenoxy) is 1. The molecule has 0 bridgehead atoms. The molecular formula is C28H33N3O3. The normalized spacial score (nSPS) is 28.5. The van der Waals surface area contributed by atoms with Crippen LogP contribution < -0.4 is 10.2 Å². The zero-order chi connectivity index (χ0) is 23.1. The highest BCUT2D eigenvalue weighted by Crippen LogP contribution is 2.47. The first-order chi connectivity index (χ1) is 16.6.